The maximum Gasteiger partial charge on any atom is 0.168 e. The smallest absolute Gasteiger partial charge is 0.168 e. The second-order valence-electron chi connectivity index (χ2n) is 6.25. The average Bonchev–Trinajstić information content (AvgIpc) is 3.32. The van der Waals surface area contributed by atoms with Crippen LogP contribution in [0.4, 0.5) is 10.2 Å². The molecule has 0 bridgehead atoms. The Morgan fingerprint density at radius 1 is 1.17 bits per heavy atom. The van der Waals surface area contributed by atoms with Crippen molar-refractivity contribution in [3.8, 4) is 0 Å². The molecule has 2 aromatic heterocycles. The van der Waals surface area contributed by atoms with Crippen molar-refractivity contribution in [3.05, 3.63) is 30.0 Å². The Hall–Kier alpha value is -2.09. The van der Waals surface area contributed by atoms with E-state index >= 15 is 0 Å². The van der Waals surface area contributed by atoms with Gasteiger partial charge in [-0.2, -0.15) is 0 Å². The third-order valence-corrected chi connectivity index (χ3v) is 4.68. The van der Waals surface area contributed by atoms with Gasteiger partial charge in [0.05, 0.1) is 18.3 Å². The molecule has 2 aliphatic rings. The van der Waals surface area contributed by atoms with Crippen molar-refractivity contribution < 1.29 is 4.39 Å². The van der Waals surface area contributed by atoms with Crippen LogP contribution in [0.1, 0.15) is 37.7 Å². The predicted octanol–water partition coefficient (Wildman–Crippen LogP) is 1.43. The summed E-state index contributed by atoms with van der Waals surface area (Å²) in [5.41, 5.74) is 0. The number of rotatable bonds is 4. The van der Waals surface area contributed by atoms with E-state index in [2.05, 4.69) is 37.2 Å². The maximum atomic E-state index is 13.0. The van der Waals surface area contributed by atoms with Crippen LogP contribution in [-0.2, 0) is 0 Å². The van der Waals surface area contributed by atoms with E-state index in [4.69, 9.17) is 0 Å². The minimum atomic E-state index is -0.298. The lowest BCUT2D eigenvalue weighted by Crippen LogP contribution is -2.47. The van der Waals surface area contributed by atoms with Crippen molar-refractivity contribution in [2.75, 3.05) is 31.1 Å². The number of tetrazole rings is 1. The van der Waals surface area contributed by atoms with E-state index in [0.29, 0.717) is 6.04 Å². The molecule has 4 rings (SSSR count). The predicted molar refractivity (Wildman–Crippen MR) is 82.5 cm³/mol. The van der Waals surface area contributed by atoms with Crippen LogP contribution in [0, 0.1) is 5.82 Å². The highest BCUT2D eigenvalue weighted by molar-refractivity contribution is 5.38. The van der Waals surface area contributed by atoms with E-state index in [9.17, 15) is 4.39 Å². The van der Waals surface area contributed by atoms with Crippen LogP contribution >= 0.6 is 0 Å². The zero-order chi connectivity index (χ0) is 15.8. The first-order valence-electron chi connectivity index (χ1n) is 8.10. The summed E-state index contributed by atoms with van der Waals surface area (Å²) in [4.78, 5) is 8.74. The molecule has 2 fully saturated rings. The lowest BCUT2D eigenvalue weighted by Gasteiger charge is -2.38. The fraction of sp³-hybridized carbons (Fsp3) is 0.600. The van der Waals surface area contributed by atoms with E-state index < -0.39 is 0 Å². The molecule has 0 aromatic carbocycles. The summed E-state index contributed by atoms with van der Waals surface area (Å²) in [5.74, 6) is 1.50. The van der Waals surface area contributed by atoms with Crippen molar-refractivity contribution in [2.24, 2.45) is 0 Å². The van der Waals surface area contributed by atoms with Gasteiger partial charge in [-0.3, -0.25) is 4.90 Å². The summed E-state index contributed by atoms with van der Waals surface area (Å²) in [6, 6.07) is 3.89. The summed E-state index contributed by atoms with van der Waals surface area (Å²) in [6.07, 6.45) is 3.62. The van der Waals surface area contributed by atoms with Gasteiger partial charge in [0, 0.05) is 26.2 Å². The minimum absolute atomic E-state index is 0.203. The van der Waals surface area contributed by atoms with E-state index in [1.807, 2.05) is 4.68 Å². The fourth-order valence-electron chi connectivity index (χ4n) is 3.11. The average molecular weight is 317 g/mol. The molecule has 7 nitrogen and oxygen atoms in total. The van der Waals surface area contributed by atoms with Gasteiger partial charge in [0.15, 0.2) is 5.82 Å². The van der Waals surface area contributed by atoms with Crippen molar-refractivity contribution >= 4 is 5.82 Å². The normalized spacial score (nSPS) is 20.7. The minimum Gasteiger partial charge on any atom is -0.354 e. The SMILES string of the molecule is CC(c1nnnn1C1CC1)N1CCN(c2ccc(F)cn2)CC1. The molecule has 1 atom stereocenters. The Morgan fingerprint density at radius 2 is 1.96 bits per heavy atom. The number of piperazine rings is 1. The molecule has 0 N–H and O–H groups in total. The second kappa shape index (κ2) is 5.84. The molecule has 0 spiro atoms. The van der Waals surface area contributed by atoms with Gasteiger partial charge in [-0.15, -0.1) is 5.10 Å². The number of hydrogen-bond donors (Lipinski definition) is 0. The summed E-state index contributed by atoms with van der Waals surface area (Å²) < 4.78 is 15.0. The molecular formula is C15H20FN7. The van der Waals surface area contributed by atoms with Crippen LogP contribution in [-0.4, -0.2) is 56.3 Å². The van der Waals surface area contributed by atoms with Gasteiger partial charge in [0.1, 0.15) is 11.6 Å². The van der Waals surface area contributed by atoms with Gasteiger partial charge < -0.3 is 4.90 Å². The zero-order valence-electron chi connectivity index (χ0n) is 13.1. The Bertz CT molecular complexity index is 659. The van der Waals surface area contributed by atoms with Gasteiger partial charge in [0.25, 0.3) is 0 Å². The van der Waals surface area contributed by atoms with Crippen molar-refractivity contribution in [2.45, 2.75) is 31.8 Å². The third kappa shape index (κ3) is 2.90. The lowest BCUT2D eigenvalue weighted by atomic mass is 10.2. The van der Waals surface area contributed by atoms with Crippen LogP contribution in [0.3, 0.4) is 0 Å². The Balaban J connectivity index is 1.40. The van der Waals surface area contributed by atoms with Crippen LogP contribution in [0.2, 0.25) is 0 Å². The summed E-state index contributed by atoms with van der Waals surface area (Å²) in [5, 5.41) is 12.2. The molecule has 1 aliphatic heterocycles. The quantitative estimate of drug-likeness (QED) is 0.850. The number of pyridine rings is 1. The first kappa shape index (κ1) is 14.5. The second-order valence-corrected chi connectivity index (χ2v) is 6.25. The van der Waals surface area contributed by atoms with Crippen molar-refractivity contribution in [3.63, 3.8) is 0 Å². The van der Waals surface area contributed by atoms with Gasteiger partial charge in [-0.25, -0.2) is 14.1 Å². The number of hydrogen-bond acceptors (Lipinski definition) is 6. The molecular weight excluding hydrogens is 297 g/mol. The highest BCUT2D eigenvalue weighted by Gasteiger charge is 2.32. The zero-order valence-corrected chi connectivity index (χ0v) is 13.1. The number of anilines is 1. The molecule has 1 unspecified atom stereocenters. The summed E-state index contributed by atoms with van der Waals surface area (Å²) in [7, 11) is 0. The van der Waals surface area contributed by atoms with Crippen molar-refractivity contribution in [1.82, 2.24) is 30.1 Å². The van der Waals surface area contributed by atoms with Gasteiger partial charge in [0.2, 0.25) is 0 Å². The standard InChI is InChI=1S/C15H20FN7/c1-11(15-18-19-20-23(15)13-3-4-13)21-6-8-22(9-7-21)14-5-2-12(16)10-17-14/h2,5,10-11,13H,3-4,6-9H2,1H3. The van der Waals surface area contributed by atoms with Crippen LogP contribution < -0.4 is 4.90 Å². The van der Waals surface area contributed by atoms with E-state index in [0.717, 1.165) is 37.8 Å². The molecule has 1 saturated heterocycles. The number of aromatic nitrogens is 5. The van der Waals surface area contributed by atoms with Gasteiger partial charge in [-0.1, -0.05) is 0 Å². The largest absolute Gasteiger partial charge is 0.354 e. The molecule has 0 radical (unpaired) electrons. The lowest BCUT2D eigenvalue weighted by molar-refractivity contribution is 0.186. The molecule has 3 heterocycles. The maximum absolute atomic E-state index is 13.0. The van der Waals surface area contributed by atoms with E-state index in [1.165, 1.54) is 25.1 Å². The highest BCUT2D eigenvalue weighted by Crippen LogP contribution is 2.36. The Labute approximate surface area is 134 Å². The number of nitrogens with zero attached hydrogens (tertiary/aromatic N) is 7. The third-order valence-electron chi connectivity index (χ3n) is 4.68. The molecule has 8 heteroatoms. The fourth-order valence-corrected chi connectivity index (χ4v) is 3.11. The molecule has 1 saturated carbocycles. The van der Waals surface area contributed by atoms with Crippen LogP contribution in [0.15, 0.2) is 18.3 Å². The summed E-state index contributed by atoms with van der Waals surface area (Å²) in [6.45, 7) is 5.73. The molecule has 122 valence electrons. The first-order chi connectivity index (χ1) is 11.2. The molecule has 23 heavy (non-hydrogen) atoms. The Kier molecular flexibility index (Phi) is 3.68. The number of halogens is 1. The first-order valence-corrected chi connectivity index (χ1v) is 8.10. The van der Waals surface area contributed by atoms with Crippen molar-refractivity contribution in [1.29, 1.82) is 0 Å². The topological polar surface area (TPSA) is 63.0 Å². The van der Waals surface area contributed by atoms with Crippen LogP contribution in [0.5, 0.6) is 0 Å². The van der Waals surface area contributed by atoms with E-state index in [-0.39, 0.29) is 11.9 Å². The van der Waals surface area contributed by atoms with Gasteiger partial charge in [-0.05, 0) is 42.3 Å². The monoisotopic (exact) mass is 317 g/mol. The van der Waals surface area contributed by atoms with Gasteiger partial charge >= 0.3 is 0 Å². The van der Waals surface area contributed by atoms with E-state index in [1.54, 1.807) is 6.07 Å². The molecule has 2 aromatic rings. The highest BCUT2D eigenvalue weighted by atomic mass is 19.1. The molecule has 1 aliphatic carbocycles. The Morgan fingerprint density at radius 3 is 2.61 bits per heavy atom. The summed E-state index contributed by atoms with van der Waals surface area (Å²) >= 11 is 0. The molecule has 0 amide bonds. The van der Waals surface area contributed by atoms with Crippen LogP contribution in [0.25, 0.3) is 0 Å².